The first-order valence-electron chi connectivity index (χ1n) is 6.59. The number of anilines is 1. The lowest BCUT2D eigenvalue weighted by Crippen LogP contribution is -2.33. The van der Waals surface area contributed by atoms with E-state index in [2.05, 4.69) is 42.5 Å². The molecule has 0 aliphatic carbocycles. The highest BCUT2D eigenvalue weighted by Crippen LogP contribution is 2.14. The summed E-state index contributed by atoms with van der Waals surface area (Å²) in [5.41, 5.74) is 1.59. The van der Waals surface area contributed by atoms with Crippen molar-refractivity contribution in [2.75, 3.05) is 11.9 Å². The predicted octanol–water partition coefficient (Wildman–Crippen LogP) is 3.51. The molecule has 4 nitrogen and oxygen atoms in total. The zero-order valence-electron chi connectivity index (χ0n) is 11.6. The number of hydrogen-bond donors (Lipinski definition) is 2. The Hall–Kier alpha value is -1.66. The van der Waals surface area contributed by atoms with Gasteiger partial charge in [0.1, 0.15) is 0 Å². The molecule has 0 saturated heterocycles. The number of carbonyl (C=O) groups is 2. The van der Waals surface area contributed by atoms with Crippen molar-refractivity contribution in [3.63, 3.8) is 0 Å². The van der Waals surface area contributed by atoms with E-state index in [1.54, 1.807) is 12.1 Å². The van der Waals surface area contributed by atoms with Gasteiger partial charge in [-0.05, 0) is 42.0 Å². The van der Waals surface area contributed by atoms with Gasteiger partial charge in [0.25, 0.3) is 0 Å². The molecule has 0 bridgehead atoms. The van der Waals surface area contributed by atoms with Crippen LogP contribution in [0.25, 0.3) is 0 Å². The van der Waals surface area contributed by atoms with Gasteiger partial charge in [0.05, 0.1) is 13.0 Å². The Morgan fingerprint density at radius 3 is 1.95 bits per heavy atom. The number of halogens is 2. The summed E-state index contributed by atoms with van der Waals surface area (Å²) in [5, 5.41) is 5.32. The highest BCUT2D eigenvalue weighted by atomic mass is 79.9. The van der Waals surface area contributed by atoms with Crippen molar-refractivity contribution in [3.05, 3.63) is 63.0 Å². The third-order valence-electron chi connectivity index (χ3n) is 2.85. The highest BCUT2D eigenvalue weighted by molar-refractivity contribution is 9.10. The Labute approximate surface area is 145 Å². The maximum Gasteiger partial charge on any atom is 0.243 e. The molecule has 0 aromatic heterocycles. The number of hydrogen-bond acceptors (Lipinski definition) is 2. The van der Waals surface area contributed by atoms with Crippen LogP contribution in [0.5, 0.6) is 0 Å². The Bertz CT molecular complexity index is 595. The molecular formula is C16H14Br2N2O2. The molecule has 2 aromatic rings. The van der Waals surface area contributed by atoms with Gasteiger partial charge in [0, 0.05) is 14.6 Å². The first kappa shape index (κ1) is 16.7. The van der Waals surface area contributed by atoms with Crippen LogP contribution in [0, 0.1) is 0 Å². The second kappa shape index (κ2) is 8.10. The van der Waals surface area contributed by atoms with Gasteiger partial charge in [0.15, 0.2) is 0 Å². The molecule has 2 amide bonds. The SMILES string of the molecule is O=C(Cc1ccc(Br)cc1)NCC(=O)Nc1ccc(Br)cc1. The Morgan fingerprint density at radius 1 is 0.818 bits per heavy atom. The third-order valence-corrected chi connectivity index (χ3v) is 3.91. The summed E-state index contributed by atoms with van der Waals surface area (Å²) < 4.78 is 1.90. The van der Waals surface area contributed by atoms with E-state index in [4.69, 9.17) is 0 Å². The Balaban J connectivity index is 1.76. The standard InChI is InChI=1S/C16H14Br2N2O2/c17-12-3-1-11(2-4-12)9-15(21)19-10-16(22)20-14-7-5-13(18)6-8-14/h1-8H,9-10H2,(H,19,21)(H,20,22). The zero-order valence-corrected chi connectivity index (χ0v) is 14.8. The van der Waals surface area contributed by atoms with Crippen molar-refractivity contribution in [1.29, 1.82) is 0 Å². The van der Waals surface area contributed by atoms with E-state index in [-0.39, 0.29) is 24.8 Å². The summed E-state index contributed by atoms with van der Waals surface area (Å²) in [6.45, 7) is -0.0502. The molecule has 2 aromatic carbocycles. The quantitative estimate of drug-likeness (QED) is 0.769. The Kier molecular flexibility index (Phi) is 6.15. The first-order chi connectivity index (χ1) is 10.5. The summed E-state index contributed by atoms with van der Waals surface area (Å²) >= 11 is 6.67. The van der Waals surface area contributed by atoms with E-state index in [0.29, 0.717) is 5.69 Å². The molecule has 22 heavy (non-hydrogen) atoms. The molecular weight excluding hydrogens is 412 g/mol. The van der Waals surface area contributed by atoms with Crippen LogP contribution in [0.3, 0.4) is 0 Å². The van der Waals surface area contributed by atoms with Crippen LogP contribution in [-0.4, -0.2) is 18.4 Å². The molecule has 2 N–H and O–H groups in total. The van der Waals surface area contributed by atoms with Crippen molar-refractivity contribution in [1.82, 2.24) is 5.32 Å². The molecule has 2 rings (SSSR count). The number of benzene rings is 2. The topological polar surface area (TPSA) is 58.2 Å². The van der Waals surface area contributed by atoms with Crippen LogP contribution in [0.2, 0.25) is 0 Å². The van der Waals surface area contributed by atoms with Crippen LogP contribution in [0.15, 0.2) is 57.5 Å². The lowest BCUT2D eigenvalue weighted by Gasteiger charge is -2.07. The first-order valence-corrected chi connectivity index (χ1v) is 8.18. The molecule has 6 heteroatoms. The number of rotatable bonds is 5. The van der Waals surface area contributed by atoms with Gasteiger partial charge >= 0.3 is 0 Å². The van der Waals surface area contributed by atoms with Crippen molar-refractivity contribution in [2.45, 2.75) is 6.42 Å². The fraction of sp³-hybridized carbons (Fsp3) is 0.125. The largest absolute Gasteiger partial charge is 0.347 e. The van der Waals surface area contributed by atoms with Crippen molar-refractivity contribution in [3.8, 4) is 0 Å². The number of carbonyl (C=O) groups excluding carboxylic acids is 2. The number of nitrogens with one attached hydrogen (secondary N) is 2. The minimum atomic E-state index is -0.258. The summed E-state index contributed by atoms with van der Waals surface area (Å²) in [6.07, 6.45) is 0.249. The summed E-state index contributed by atoms with van der Waals surface area (Å²) in [6, 6.07) is 14.7. The molecule has 0 unspecified atom stereocenters. The van der Waals surface area contributed by atoms with E-state index in [9.17, 15) is 9.59 Å². The van der Waals surface area contributed by atoms with Crippen LogP contribution >= 0.6 is 31.9 Å². The summed E-state index contributed by atoms with van der Waals surface area (Å²) in [7, 11) is 0. The van der Waals surface area contributed by atoms with E-state index in [1.165, 1.54) is 0 Å². The maximum atomic E-state index is 11.8. The van der Waals surface area contributed by atoms with Gasteiger partial charge in [-0.15, -0.1) is 0 Å². The normalized spacial score (nSPS) is 10.1. The average molecular weight is 426 g/mol. The van der Waals surface area contributed by atoms with Gasteiger partial charge in [-0.25, -0.2) is 0 Å². The molecule has 0 aliphatic heterocycles. The smallest absolute Gasteiger partial charge is 0.243 e. The molecule has 0 atom stereocenters. The minimum absolute atomic E-state index is 0.0502. The highest BCUT2D eigenvalue weighted by Gasteiger charge is 2.07. The third kappa shape index (κ3) is 5.61. The monoisotopic (exact) mass is 424 g/mol. The predicted molar refractivity (Wildman–Crippen MR) is 93.6 cm³/mol. The van der Waals surface area contributed by atoms with Gasteiger partial charge in [-0.3, -0.25) is 9.59 Å². The van der Waals surface area contributed by atoms with Gasteiger partial charge < -0.3 is 10.6 Å². The zero-order chi connectivity index (χ0) is 15.9. The van der Waals surface area contributed by atoms with E-state index in [1.807, 2.05) is 36.4 Å². The fourth-order valence-corrected chi connectivity index (χ4v) is 2.30. The number of amides is 2. The second-order valence-electron chi connectivity index (χ2n) is 4.64. The minimum Gasteiger partial charge on any atom is -0.347 e. The molecule has 0 fully saturated rings. The second-order valence-corrected chi connectivity index (χ2v) is 6.47. The van der Waals surface area contributed by atoms with E-state index < -0.39 is 0 Å². The fourth-order valence-electron chi connectivity index (χ4n) is 1.77. The average Bonchev–Trinajstić information content (AvgIpc) is 2.50. The lowest BCUT2D eigenvalue weighted by molar-refractivity contribution is -0.123. The molecule has 0 spiro atoms. The molecule has 0 radical (unpaired) electrons. The summed E-state index contributed by atoms with van der Waals surface area (Å²) in [5.74, 6) is -0.445. The van der Waals surface area contributed by atoms with E-state index in [0.717, 1.165) is 14.5 Å². The van der Waals surface area contributed by atoms with Crippen LogP contribution in [0.4, 0.5) is 5.69 Å². The van der Waals surface area contributed by atoms with Crippen LogP contribution in [0.1, 0.15) is 5.56 Å². The van der Waals surface area contributed by atoms with Crippen molar-refractivity contribution >= 4 is 49.4 Å². The summed E-state index contributed by atoms with van der Waals surface area (Å²) in [4.78, 5) is 23.5. The van der Waals surface area contributed by atoms with Crippen LogP contribution < -0.4 is 10.6 Å². The van der Waals surface area contributed by atoms with Crippen molar-refractivity contribution in [2.24, 2.45) is 0 Å². The molecule has 0 saturated carbocycles. The van der Waals surface area contributed by atoms with E-state index >= 15 is 0 Å². The Morgan fingerprint density at radius 2 is 1.36 bits per heavy atom. The van der Waals surface area contributed by atoms with Gasteiger partial charge in [-0.1, -0.05) is 44.0 Å². The lowest BCUT2D eigenvalue weighted by atomic mass is 10.1. The van der Waals surface area contributed by atoms with Gasteiger partial charge in [0.2, 0.25) is 11.8 Å². The van der Waals surface area contributed by atoms with Crippen LogP contribution in [-0.2, 0) is 16.0 Å². The molecule has 0 heterocycles. The molecule has 114 valence electrons. The maximum absolute atomic E-state index is 11.8. The van der Waals surface area contributed by atoms with Gasteiger partial charge in [-0.2, -0.15) is 0 Å². The molecule has 0 aliphatic rings. The van der Waals surface area contributed by atoms with Crippen molar-refractivity contribution < 1.29 is 9.59 Å².